The number of nitrogens with zero attached hydrogens (tertiary/aromatic N) is 4. The van der Waals surface area contributed by atoms with Crippen molar-refractivity contribution in [1.29, 1.82) is 0 Å². The Balaban J connectivity index is 1.45. The van der Waals surface area contributed by atoms with Gasteiger partial charge in [-0.2, -0.15) is 4.98 Å². The molecule has 6 nitrogen and oxygen atoms in total. The summed E-state index contributed by atoms with van der Waals surface area (Å²) in [6, 6.07) is 9.97. The first-order chi connectivity index (χ1) is 11.9. The summed E-state index contributed by atoms with van der Waals surface area (Å²) in [4.78, 5) is 13.4. The summed E-state index contributed by atoms with van der Waals surface area (Å²) < 4.78 is 1.99. The highest BCUT2D eigenvalue weighted by Crippen LogP contribution is 2.17. The lowest BCUT2D eigenvalue weighted by Crippen LogP contribution is -2.30. The van der Waals surface area contributed by atoms with Crippen molar-refractivity contribution in [3.63, 3.8) is 0 Å². The van der Waals surface area contributed by atoms with E-state index in [9.17, 15) is 0 Å². The van der Waals surface area contributed by atoms with Crippen LogP contribution in [0.3, 0.4) is 0 Å². The molecule has 4 rings (SSSR count). The van der Waals surface area contributed by atoms with Gasteiger partial charge in [-0.3, -0.25) is 4.57 Å². The lowest BCUT2D eigenvalue weighted by atomic mass is 9.96. The number of fused-ring (bicyclic) bond motifs is 1. The first-order valence-corrected chi connectivity index (χ1v) is 8.60. The fraction of sp³-hybridized carbons (Fsp3) is 0.389. The molecule has 3 heterocycles. The largest absolute Gasteiger partial charge is 0.354 e. The maximum Gasteiger partial charge on any atom is 0.224 e. The number of hydrogen-bond acceptors (Lipinski definition) is 5. The van der Waals surface area contributed by atoms with Gasteiger partial charge in [0.25, 0.3) is 0 Å². The van der Waals surface area contributed by atoms with Crippen LogP contribution in [0.1, 0.15) is 19.3 Å². The molecule has 0 aliphatic carbocycles. The minimum absolute atomic E-state index is 0.675. The van der Waals surface area contributed by atoms with Gasteiger partial charge in [-0.15, -0.1) is 0 Å². The second-order valence-electron chi connectivity index (χ2n) is 6.27. The van der Waals surface area contributed by atoms with E-state index >= 15 is 0 Å². The van der Waals surface area contributed by atoms with Crippen molar-refractivity contribution in [2.24, 2.45) is 5.92 Å². The number of aromatic nitrogens is 4. The lowest BCUT2D eigenvalue weighted by Gasteiger charge is -2.22. The normalized spacial score (nSPS) is 17.9. The van der Waals surface area contributed by atoms with E-state index in [0.29, 0.717) is 5.95 Å². The zero-order chi connectivity index (χ0) is 16.2. The topological polar surface area (TPSA) is 67.7 Å². The minimum atomic E-state index is 0.675. The van der Waals surface area contributed by atoms with Gasteiger partial charge in [0.15, 0.2) is 0 Å². The van der Waals surface area contributed by atoms with Crippen LogP contribution in [0.15, 0.2) is 42.9 Å². The van der Waals surface area contributed by atoms with Gasteiger partial charge in [0.2, 0.25) is 5.95 Å². The number of nitrogens with one attached hydrogen (secondary N) is 2. The average molecular weight is 322 g/mol. The van der Waals surface area contributed by atoms with Crippen LogP contribution in [-0.2, 0) is 0 Å². The third kappa shape index (κ3) is 3.23. The molecule has 2 aromatic heterocycles. The van der Waals surface area contributed by atoms with Crippen LogP contribution < -0.4 is 10.6 Å². The van der Waals surface area contributed by atoms with E-state index in [1.807, 2.05) is 41.2 Å². The van der Waals surface area contributed by atoms with Crippen molar-refractivity contribution in [2.45, 2.75) is 19.3 Å². The van der Waals surface area contributed by atoms with Gasteiger partial charge in [0.1, 0.15) is 12.1 Å². The van der Waals surface area contributed by atoms with Crippen LogP contribution in [0.5, 0.6) is 0 Å². The predicted molar refractivity (Wildman–Crippen MR) is 95.4 cm³/mol. The van der Waals surface area contributed by atoms with Crippen LogP contribution in [0, 0.1) is 5.92 Å². The van der Waals surface area contributed by atoms with E-state index in [0.717, 1.165) is 48.8 Å². The second kappa shape index (κ2) is 6.97. The van der Waals surface area contributed by atoms with Crippen molar-refractivity contribution in [2.75, 3.05) is 25.0 Å². The van der Waals surface area contributed by atoms with Gasteiger partial charge in [0.05, 0.1) is 11.0 Å². The lowest BCUT2D eigenvalue weighted by molar-refractivity contribution is 0.364. The standard InChI is InChI=1S/C18H22N6/c1-2-6-16-15(5-1)22-13-24(16)17-8-11-21-18(23-17)20-10-7-14-4-3-9-19-12-14/h1-2,5-6,8,11,13-14,19H,3-4,7,9-10,12H2,(H,20,21,23). The molecule has 0 saturated carbocycles. The Hall–Kier alpha value is -2.47. The van der Waals surface area contributed by atoms with Gasteiger partial charge in [-0.25, -0.2) is 9.97 Å². The molecule has 1 aliphatic rings. The first kappa shape index (κ1) is 15.1. The fourth-order valence-corrected chi connectivity index (χ4v) is 3.27. The van der Waals surface area contributed by atoms with Gasteiger partial charge in [-0.1, -0.05) is 12.1 Å². The van der Waals surface area contributed by atoms with Gasteiger partial charge >= 0.3 is 0 Å². The molecule has 1 aromatic carbocycles. The molecule has 6 heteroatoms. The van der Waals surface area contributed by atoms with Gasteiger partial charge < -0.3 is 10.6 Å². The summed E-state index contributed by atoms with van der Waals surface area (Å²) in [5, 5.41) is 6.82. The molecule has 0 bridgehead atoms. The molecule has 24 heavy (non-hydrogen) atoms. The molecular weight excluding hydrogens is 300 g/mol. The zero-order valence-electron chi connectivity index (χ0n) is 13.7. The molecule has 1 atom stereocenters. The Morgan fingerprint density at radius 1 is 1.21 bits per heavy atom. The Kier molecular flexibility index (Phi) is 4.38. The van der Waals surface area contributed by atoms with Crippen LogP contribution in [0.25, 0.3) is 16.9 Å². The third-order valence-corrected chi connectivity index (χ3v) is 4.58. The predicted octanol–water partition coefficient (Wildman–Crippen LogP) is 2.62. The van der Waals surface area contributed by atoms with E-state index in [1.165, 1.54) is 12.8 Å². The summed E-state index contributed by atoms with van der Waals surface area (Å²) in [7, 11) is 0. The number of hydrogen-bond donors (Lipinski definition) is 2. The highest BCUT2D eigenvalue weighted by atomic mass is 15.2. The van der Waals surface area contributed by atoms with E-state index in [2.05, 4.69) is 25.6 Å². The van der Waals surface area contributed by atoms with Crippen LogP contribution in [0.2, 0.25) is 0 Å². The Morgan fingerprint density at radius 3 is 3.08 bits per heavy atom. The van der Waals surface area contributed by atoms with E-state index in [-0.39, 0.29) is 0 Å². The summed E-state index contributed by atoms with van der Waals surface area (Å²) in [5.74, 6) is 2.27. The van der Waals surface area contributed by atoms with Crippen LogP contribution >= 0.6 is 0 Å². The van der Waals surface area contributed by atoms with Crippen molar-refractivity contribution >= 4 is 17.0 Å². The summed E-state index contributed by atoms with van der Waals surface area (Å²) in [6.45, 7) is 3.19. The monoisotopic (exact) mass is 322 g/mol. The van der Waals surface area contributed by atoms with E-state index in [4.69, 9.17) is 0 Å². The summed E-state index contributed by atoms with van der Waals surface area (Å²) in [6.07, 6.45) is 7.35. The van der Waals surface area contributed by atoms with Crippen LogP contribution in [0.4, 0.5) is 5.95 Å². The van der Waals surface area contributed by atoms with E-state index < -0.39 is 0 Å². The Bertz CT molecular complexity index is 806. The highest BCUT2D eigenvalue weighted by Gasteiger charge is 2.12. The summed E-state index contributed by atoms with van der Waals surface area (Å²) in [5.41, 5.74) is 2.02. The first-order valence-electron chi connectivity index (χ1n) is 8.60. The SMILES string of the molecule is c1ccc2c(c1)ncn2-c1ccnc(NCCC2CCCNC2)n1. The van der Waals surface area contributed by atoms with Crippen molar-refractivity contribution < 1.29 is 0 Å². The maximum atomic E-state index is 4.63. The number of piperidine rings is 1. The number of para-hydroxylation sites is 2. The summed E-state index contributed by atoms with van der Waals surface area (Å²) >= 11 is 0. The molecule has 1 unspecified atom stereocenters. The Morgan fingerprint density at radius 2 is 2.17 bits per heavy atom. The molecule has 0 radical (unpaired) electrons. The molecule has 2 N–H and O–H groups in total. The minimum Gasteiger partial charge on any atom is -0.354 e. The average Bonchev–Trinajstić information content (AvgIpc) is 3.07. The number of rotatable bonds is 5. The van der Waals surface area contributed by atoms with Gasteiger partial charge in [-0.05, 0) is 56.5 Å². The third-order valence-electron chi connectivity index (χ3n) is 4.58. The quantitative estimate of drug-likeness (QED) is 0.756. The molecule has 1 aliphatic heterocycles. The van der Waals surface area contributed by atoms with Crippen LogP contribution in [-0.4, -0.2) is 39.2 Å². The molecule has 1 saturated heterocycles. The van der Waals surface area contributed by atoms with Crippen molar-refractivity contribution in [3.8, 4) is 5.82 Å². The molecule has 3 aromatic rings. The van der Waals surface area contributed by atoms with Crippen molar-refractivity contribution in [1.82, 2.24) is 24.8 Å². The molecule has 0 amide bonds. The van der Waals surface area contributed by atoms with Gasteiger partial charge in [0, 0.05) is 12.7 Å². The molecule has 1 fully saturated rings. The molecule has 0 spiro atoms. The number of benzene rings is 1. The molecular formula is C18H22N6. The smallest absolute Gasteiger partial charge is 0.224 e. The number of imidazole rings is 1. The van der Waals surface area contributed by atoms with Crippen molar-refractivity contribution in [3.05, 3.63) is 42.9 Å². The highest BCUT2D eigenvalue weighted by molar-refractivity contribution is 5.76. The number of anilines is 1. The maximum absolute atomic E-state index is 4.63. The molecule has 124 valence electrons. The van der Waals surface area contributed by atoms with E-state index in [1.54, 1.807) is 6.20 Å². The fourth-order valence-electron chi connectivity index (χ4n) is 3.27. The second-order valence-corrected chi connectivity index (χ2v) is 6.27. The Labute approximate surface area is 141 Å². The zero-order valence-corrected chi connectivity index (χ0v) is 13.7.